The summed E-state index contributed by atoms with van der Waals surface area (Å²) in [5.74, 6) is -8.26. The number of nitrogens with one attached hydrogen (secondary N) is 1. The highest BCUT2D eigenvalue weighted by Crippen LogP contribution is 2.48. The average molecular weight is 383 g/mol. The summed E-state index contributed by atoms with van der Waals surface area (Å²) in [6.45, 7) is 0. The third-order valence-electron chi connectivity index (χ3n) is 4.70. The first-order valence-electron chi connectivity index (χ1n) is 8.29. The van der Waals surface area contributed by atoms with Gasteiger partial charge in [0.1, 0.15) is 0 Å². The fourth-order valence-corrected chi connectivity index (χ4v) is 3.43. The van der Waals surface area contributed by atoms with Crippen molar-refractivity contribution in [1.29, 1.82) is 0 Å². The Morgan fingerprint density at radius 2 is 2.04 bits per heavy atom. The normalized spacial score (nSPS) is 21.5. The molecule has 3 rings (SSSR count). The van der Waals surface area contributed by atoms with Gasteiger partial charge in [-0.25, -0.2) is 13.2 Å². The van der Waals surface area contributed by atoms with Gasteiger partial charge in [-0.05, 0) is 24.5 Å². The summed E-state index contributed by atoms with van der Waals surface area (Å²) in [5.41, 5.74) is 0.500. The van der Waals surface area contributed by atoms with Gasteiger partial charge >= 0.3 is 0 Å². The molecule has 1 aliphatic carbocycles. The predicted molar refractivity (Wildman–Crippen MR) is 88.6 cm³/mol. The van der Waals surface area contributed by atoms with Crippen LogP contribution in [0, 0.1) is 17.6 Å². The van der Waals surface area contributed by atoms with E-state index in [1.165, 1.54) is 24.5 Å². The van der Waals surface area contributed by atoms with Crippen LogP contribution in [0.1, 0.15) is 30.7 Å². The molecule has 9 heteroatoms. The maximum atomic E-state index is 14.1. The minimum absolute atomic E-state index is 0.0683. The number of aromatic nitrogens is 2. The molecule has 0 saturated heterocycles. The Hall–Kier alpha value is -2.71. The average Bonchev–Trinajstić information content (AvgIpc) is 2.64. The summed E-state index contributed by atoms with van der Waals surface area (Å²) >= 11 is 0. The lowest BCUT2D eigenvalue weighted by atomic mass is 9.73. The third kappa shape index (κ3) is 4.01. The zero-order valence-electron chi connectivity index (χ0n) is 14.4. The number of anilines is 1. The number of hydrogen-bond donors (Lipinski definition) is 1. The van der Waals surface area contributed by atoms with Crippen LogP contribution in [0.4, 0.5) is 23.2 Å². The number of nitrogens with zero attached hydrogens (tertiary/aromatic N) is 2. The molecule has 27 heavy (non-hydrogen) atoms. The van der Waals surface area contributed by atoms with Crippen LogP contribution in [0.25, 0.3) is 0 Å². The zero-order valence-corrected chi connectivity index (χ0v) is 14.4. The van der Waals surface area contributed by atoms with Gasteiger partial charge in [0.25, 0.3) is 0 Å². The number of halogens is 4. The number of alkyl halides is 2. The topological polar surface area (TPSA) is 64.1 Å². The summed E-state index contributed by atoms with van der Waals surface area (Å²) in [7, 11) is 1.16. The summed E-state index contributed by atoms with van der Waals surface area (Å²) in [5, 5.41) is 9.72. The summed E-state index contributed by atoms with van der Waals surface area (Å²) in [6, 6.07) is 3.65. The fraction of sp³-hybridized carbons (Fsp3) is 0.389. The van der Waals surface area contributed by atoms with E-state index in [1.807, 2.05) is 0 Å². The molecular formula is C18H17F4N3O2. The van der Waals surface area contributed by atoms with Crippen molar-refractivity contribution in [1.82, 2.24) is 10.2 Å². The Balaban J connectivity index is 1.95. The van der Waals surface area contributed by atoms with Crippen LogP contribution in [-0.4, -0.2) is 29.1 Å². The van der Waals surface area contributed by atoms with Crippen molar-refractivity contribution in [2.45, 2.75) is 31.1 Å². The SMILES string of the molecule is COc1c(C2CCC(F)(F)CC2C(=O)Nc2ccnnc2)ccc(F)c1F. The molecular weight excluding hydrogens is 366 g/mol. The molecule has 2 unspecified atom stereocenters. The van der Waals surface area contributed by atoms with E-state index < -0.39 is 48.1 Å². The van der Waals surface area contributed by atoms with Crippen LogP contribution in [0.2, 0.25) is 0 Å². The summed E-state index contributed by atoms with van der Waals surface area (Å²) in [6.07, 6.45) is 1.40. The molecule has 1 aromatic heterocycles. The van der Waals surface area contributed by atoms with Crippen molar-refractivity contribution in [2.24, 2.45) is 5.92 Å². The number of hydrogen-bond acceptors (Lipinski definition) is 4. The molecule has 1 amide bonds. The second kappa shape index (κ2) is 7.50. The van der Waals surface area contributed by atoms with Gasteiger partial charge in [0, 0.05) is 18.4 Å². The number of rotatable bonds is 4. The molecule has 1 N–H and O–H groups in total. The number of methoxy groups -OCH3 is 1. The first kappa shape index (κ1) is 19.1. The minimum Gasteiger partial charge on any atom is -0.493 e. The van der Waals surface area contributed by atoms with Crippen molar-refractivity contribution in [3.05, 3.63) is 47.8 Å². The molecule has 1 aliphatic rings. The molecule has 0 aliphatic heterocycles. The van der Waals surface area contributed by atoms with Crippen LogP contribution < -0.4 is 10.1 Å². The third-order valence-corrected chi connectivity index (χ3v) is 4.70. The maximum Gasteiger partial charge on any atom is 0.249 e. The van der Waals surface area contributed by atoms with Crippen molar-refractivity contribution in [2.75, 3.05) is 12.4 Å². The first-order valence-corrected chi connectivity index (χ1v) is 8.29. The van der Waals surface area contributed by atoms with Gasteiger partial charge in [-0.3, -0.25) is 4.79 Å². The van der Waals surface area contributed by atoms with Gasteiger partial charge in [-0.1, -0.05) is 6.07 Å². The van der Waals surface area contributed by atoms with Gasteiger partial charge in [0.15, 0.2) is 11.6 Å². The van der Waals surface area contributed by atoms with E-state index in [0.717, 1.165) is 13.2 Å². The Morgan fingerprint density at radius 1 is 1.26 bits per heavy atom. The number of benzene rings is 1. The molecule has 1 aromatic carbocycles. The van der Waals surface area contributed by atoms with Crippen LogP contribution in [0.5, 0.6) is 5.75 Å². The lowest BCUT2D eigenvalue weighted by Crippen LogP contribution is -2.38. The Kier molecular flexibility index (Phi) is 5.29. The van der Waals surface area contributed by atoms with E-state index in [4.69, 9.17) is 4.74 Å². The number of carbonyl (C=O) groups is 1. The second-order valence-corrected chi connectivity index (χ2v) is 6.42. The number of carbonyl (C=O) groups excluding carboxylic acids is 1. The van der Waals surface area contributed by atoms with Crippen molar-refractivity contribution < 1.29 is 27.1 Å². The van der Waals surface area contributed by atoms with Gasteiger partial charge in [-0.2, -0.15) is 14.6 Å². The molecule has 5 nitrogen and oxygen atoms in total. The van der Waals surface area contributed by atoms with E-state index in [9.17, 15) is 22.4 Å². The van der Waals surface area contributed by atoms with Crippen LogP contribution >= 0.6 is 0 Å². The molecule has 2 aromatic rings. The van der Waals surface area contributed by atoms with Crippen LogP contribution in [0.3, 0.4) is 0 Å². The van der Waals surface area contributed by atoms with Crippen molar-refractivity contribution in [3.63, 3.8) is 0 Å². The monoisotopic (exact) mass is 383 g/mol. The van der Waals surface area contributed by atoms with Crippen LogP contribution in [-0.2, 0) is 4.79 Å². The van der Waals surface area contributed by atoms with Crippen molar-refractivity contribution >= 4 is 11.6 Å². The van der Waals surface area contributed by atoms with Gasteiger partial charge in [0.2, 0.25) is 17.6 Å². The molecule has 2 atom stereocenters. The molecule has 1 saturated carbocycles. The standard InChI is InChI=1S/C18H17F4N3O2/c1-27-16-12(2-3-14(19)15(16)20)11-4-6-18(21,22)8-13(11)17(26)25-10-5-7-23-24-9-10/h2-3,5,7,9,11,13H,4,6,8H2,1H3,(H,23,25,26). The molecule has 144 valence electrons. The van der Waals surface area contributed by atoms with Gasteiger partial charge in [-0.15, -0.1) is 0 Å². The Bertz CT molecular complexity index is 833. The Morgan fingerprint density at radius 3 is 2.70 bits per heavy atom. The highest BCUT2D eigenvalue weighted by molar-refractivity contribution is 5.93. The summed E-state index contributed by atoms with van der Waals surface area (Å²) in [4.78, 5) is 12.7. The smallest absolute Gasteiger partial charge is 0.249 e. The largest absolute Gasteiger partial charge is 0.493 e. The summed E-state index contributed by atoms with van der Waals surface area (Å²) < 4.78 is 60.6. The first-order chi connectivity index (χ1) is 12.8. The van der Waals surface area contributed by atoms with Crippen LogP contribution in [0.15, 0.2) is 30.6 Å². The number of amides is 1. The lowest BCUT2D eigenvalue weighted by Gasteiger charge is -2.36. The molecule has 0 radical (unpaired) electrons. The molecule has 0 spiro atoms. The zero-order chi connectivity index (χ0) is 19.6. The van der Waals surface area contributed by atoms with E-state index in [-0.39, 0.29) is 17.7 Å². The fourth-order valence-electron chi connectivity index (χ4n) is 3.43. The van der Waals surface area contributed by atoms with Gasteiger partial charge in [0.05, 0.1) is 31.1 Å². The quantitative estimate of drug-likeness (QED) is 0.813. The lowest BCUT2D eigenvalue weighted by molar-refractivity contribution is -0.128. The molecule has 0 bridgehead atoms. The van der Waals surface area contributed by atoms with E-state index >= 15 is 0 Å². The minimum atomic E-state index is -3.03. The predicted octanol–water partition coefficient (Wildman–Crippen LogP) is 3.92. The van der Waals surface area contributed by atoms with E-state index in [0.29, 0.717) is 5.69 Å². The van der Waals surface area contributed by atoms with Crippen molar-refractivity contribution in [3.8, 4) is 5.75 Å². The highest BCUT2D eigenvalue weighted by Gasteiger charge is 2.46. The molecule has 1 heterocycles. The Labute approximate surface area is 152 Å². The maximum absolute atomic E-state index is 14.1. The van der Waals surface area contributed by atoms with E-state index in [1.54, 1.807) is 0 Å². The second-order valence-electron chi connectivity index (χ2n) is 6.42. The number of ether oxygens (including phenoxy) is 1. The van der Waals surface area contributed by atoms with E-state index in [2.05, 4.69) is 15.5 Å². The highest BCUT2D eigenvalue weighted by atomic mass is 19.3. The molecule has 1 fully saturated rings. The van der Waals surface area contributed by atoms with Gasteiger partial charge < -0.3 is 10.1 Å².